The Morgan fingerprint density at radius 1 is 0.778 bits per heavy atom. The molecule has 0 aliphatic carbocycles. The minimum Gasteiger partial charge on any atom is -0.507 e. The molecule has 2 atom stereocenters. The van der Waals surface area contributed by atoms with Crippen molar-refractivity contribution in [3.05, 3.63) is 59.7 Å². The number of ether oxygens (including phenoxy) is 3. The van der Waals surface area contributed by atoms with E-state index in [0.29, 0.717) is 0 Å². The van der Waals surface area contributed by atoms with Crippen molar-refractivity contribution >= 4 is 11.9 Å². The van der Waals surface area contributed by atoms with Crippen LogP contribution in [0.4, 0.5) is 0 Å². The Balaban J connectivity index is 1.73. The van der Waals surface area contributed by atoms with E-state index in [1.807, 2.05) is 0 Å². The third-order valence-electron chi connectivity index (χ3n) is 3.57. The summed E-state index contributed by atoms with van der Waals surface area (Å²) in [6.07, 6.45) is -1.11. The summed E-state index contributed by atoms with van der Waals surface area (Å²) in [5.41, 5.74) is 0.156. The van der Waals surface area contributed by atoms with Gasteiger partial charge in [-0.1, -0.05) is 24.3 Å². The Kier molecular flexibility index (Phi) is 7.19. The van der Waals surface area contributed by atoms with Gasteiger partial charge in [0, 0.05) is 0 Å². The number of rotatable bonds is 8. The van der Waals surface area contributed by atoms with Crippen LogP contribution in [0.15, 0.2) is 48.5 Å². The van der Waals surface area contributed by atoms with Gasteiger partial charge in [-0.25, -0.2) is 9.59 Å². The number of aromatic hydroxyl groups is 2. The lowest BCUT2D eigenvalue weighted by atomic mass is 10.2. The monoisotopic (exact) mass is 374 g/mol. The molecule has 0 fully saturated rings. The quantitative estimate of drug-likeness (QED) is 0.685. The average molecular weight is 374 g/mol. The van der Waals surface area contributed by atoms with Crippen LogP contribution in [-0.2, 0) is 14.2 Å². The zero-order chi connectivity index (χ0) is 19.8. The fourth-order valence-electron chi connectivity index (χ4n) is 2.25. The van der Waals surface area contributed by atoms with Gasteiger partial charge in [-0.2, -0.15) is 0 Å². The van der Waals surface area contributed by atoms with Crippen molar-refractivity contribution in [1.29, 1.82) is 0 Å². The first-order valence-electron chi connectivity index (χ1n) is 8.44. The van der Waals surface area contributed by atoms with Crippen molar-refractivity contribution in [2.45, 2.75) is 26.1 Å². The number of para-hydroxylation sites is 2. The van der Waals surface area contributed by atoms with Crippen molar-refractivity contribution in [3.8, 4) is 11.5 Å². The summed E-state index contributed by atoms with van der Waals surface area (Å²) in [5, 5.41) is 19.3. The van der Waals surface area contributed by atoms with E-state index in [0.717, 1.165) is 0 Å². The second-order valence-electron chi connectivity index (χ2n) is 6.00. The van der Waals surface area contributed by atoms with Gasteiger partial charge in [-0.15, -0.1) is 0 Å². The largest absolute Gasteiger partial charge is 0.507 e. The summed E-state index contributed by atoms with van der Waals surface area (Å²) < 4.78 is 15.8. The first-order chi connectivity index (χ1) is 12.9. The average Bonchev–Trinajstić information content (AvgIpc) is 2.62. The summed E-state index contributed by atoms with van der Waals surface area (Å²) in [5.74, 6) is -1.60. The van der Waals surface area contributed by atoms with Crippen LogP contribution in [0.5, 0.6) is 11.5 Å². The van der Waals surface area contributed by atoms with Crippen molar-refractivity contribution < 1.29 is 34.0 Å². The van der Waals surface area contributed by atoms with Crippen LogP contribution in [-0.4, -0.2) is 47.6 Å². The molecule has 0 saturated carbocycles. The van der Waals surface area contributed by atoms with E-state index < -0.39 is 24.1 Å². The smallest absolute Gasteiger partial charge is 0.342 e. The lowest BCUT2D eigenvalue weighted by molar-refractivity contribution is -0.0263. The van der Waals surface area contributed by atoms with Crippen molar-refractivity contribution in [3.63, 3.8) is 0 Å². The number of esters is 2. The van der Waals surface area contributed by atoms with Gasteiger partial charge in [0.15, 0.2) is 0 Å². The Morgan fingerprint density at radius 3 is 1.52 bits per heavy atom. The van der Waals surface area contributed by atoms with Gasteiger partial charge in [0.25, 0.3) is 0 Å². The summed E-state index contributed by atoms with van der Waals surface area (Å²) >= 11 is 0. The standard InChI is InChI=1S/C20H22O7/c1-13(26-19(23)15-7-3-5-9-17(15)21)11-25-12-14(2)27-20(24)16-8-4-6-10-18(16)22/h3-10,13-14,21-22H,11-12H2,1-2H3. The van der Waals surface area contributed by atoms with E-state index in [1.54, 1.807) is 38.1 Å². The topological polar surface area (TPSA) is 102 Å². The Labute approximate surface area is 157 Å². The van der Waals surface area contributed by atoms with Crippen molar-refractivity contribution in [2.24, 2.45) is 0 Å². The predicted octanol–water partition coefficient (Wildman–Crippen LogP) is 2.91. The van der Waals surface area contributed by atoms with E-state index in [4.69, 9.17) is 14.2 Å². The van der Waals surface area contributed by atoms with Crippen LogP contribution >= 0.6 is 0 Å². The molecule has 27 heavy (non-hydrogen) atoms. The fraction of sp³-hybridized carbons (Fsp3) is 0.300. The zero-order valence-electron chi connectivity index (χ0n) is 15.1. The molecule has 0 saturated heterocycles. The Morgan fingerprint density at radius 2 is 1.15 bits per heavy atom. The molecule has 0 radical (unpaired) electrons. The molecule has 2 rings (SSSR count). The van der Waals surface area contributed by atoms with Crippen molar-refractivity contribution in [2.75, 3.05) is 13.2 Å². The van der Waals surface area contributed by atoms with Gasteiger partial charge < -0.3 is 24.4 Å². The van der Waals surface area contributed by atoms with Crippen LogP contribution in [0.3, 0.4) is 0 Å². The molecule has 2 aromatic carbocycles. The molecule has 0 amide bonds. The molecular formula is C20H22O7. The van der Waals surface area contributed by atoms with Gasteiger partial charge in [-0.05, 0) is 38.1 Å². The minimum absolute atomic E-state index is 0.0781. The van der Waals surface area contributed by atoms with Crippen molar-refractivity contribution in [1.82, 2.24) is 0 Å². The number of carbonyl (C=O) groups is 2. The van der Waals surface area contributed by atoms with Gasteiger partial charge in [-0.3, -0.25) is 0 Å². The number of phenols is 2. The molecule has 0 bridgehead atoms. The Bertz CT molecular complexity index is 722. The zero-order valence-corrected chi connectivity index (χ0v) is 15.1. The van der Waals surface area contributed by atoms with E-state index in [1.165, 1.54) is 24.3 Å². The summed E-state index contributed by atoms with van der Waals surface area (Å²) in [7, 11) is 0. The molecule has 0 aromatic heterocycles. The SMILES string of the molecule is CC(COCC(C)OC(=O)c1ccccc1O)OC(=O)c1ccccc1O. The molecule has 2 N–H and O–H groups in total. The fourth-order valence-corrected chi connectivity index (χ4v) is 2.25. The van der Waals surface area contributed by atoms with Crippen LogP contribution in [0.25, 0.3) is 0 Å². The summed E-state index contributed by atoms with van der Waals surface area (Å²) in [6.45, 7) is 3.49. The van der Waals surface area contributed by atoms with Crippen LogP contribution in [0, 0.1) is 0 Å². The molecule has 0 aliphatic heterocycles. The van der Waals surface area contributed by atoms with Crippen LogP contribution in [0.1, 0.15) is 34.6 Å². The first-order valence-corrected chi connectivity index (χ1v) is 8.44. The number of phenolic OH excluding ortho intramolecular Hbond substituents is 2. The predicted molar refractivity (Wildman–Crippen MR) is 96.8 cm³/mol. The van der Waals surface area contributed by atoms with E-state index in [-0.39, 0.29) is 35.8 Å². The van der Waals surface area contributed by atoms with Crippen LogP contribution in [0.2, 0.25) is 0 Å². The molecule has 144 valence electrons. The lowest BCUT2D eigenvalue weighted by Gasteiger charge is -2.17. The van der Waals surface area contributed by atoms with Gasteiger partial charge in [0.1, 0.15) is 34.8 Å². The highest BCUT2D eigenvalue weighted by molar-refractivity contribution is 5.92. The normalized spacial score (nSPS) is 12.8. The summed E-state index contributed by atoms with van der Waals surface area (Å²) in [6, 6.07) is 12.2. The van der Waals surface area contributed by atoms with Gasteiger partial charge >= 0.3 is 11.9 Å². The van der Waals surface area contributed by atoms with E-state index in [9.17, 15) is 19.8 Å². The maximum Gasteiger partial charge on any atom is 0.342 e. The van der Waals surface area contributed by atoms with E-state index >= 15 is 0 Å². The molecule has 0 heterocycles. The third kappa shape index (κ3) is 6.00. The molecule has 7 nitrogen and oxygen atoms in total. The maximum atomic E-state index is 12.0. The molecular weight excluding hydrogens is 352 g/mol. The second kappa shape index (κ2) is 9.59. The maximum absolute atomic E-state index is 12.0. The molecule has 0 aliphatic rings. The third-order valence-corrected chi connectivity index (χ3v) is 3.57. The highest BCUT2D eigenvalue weighted by atomic mass is 16.6. The molecule has 2 aromatic rings. The highest BCUT2D eigenvalue weighted by Crippen LogP contribution is 2.18. The first kappa shape index (κ1) is 20.3. The van der Waals surface area contributed by atoms with Gasteiger partial charge in [0.2, 0.25) is 0 Å². The number of hydrogen-bond acceptors (Lipinski definition) is 7. The van der Waals surface area contributed by atoms with Crippen LogP contribution < -0.4 is 0 Å². The summed E-state index contributed by atoms with van der Waals surface area (Å²) in [4.78, 5) is 24.0. The molecule has 0 spiro atoms. The number of benzene rings is 2. The number of carbonyl (C=O) groups excluding carboxylic acids is 2. The minimum atomic E-state index is -0.650. The van der Waals surface area contributed by atoms with E-state index in [2.05, 4.69) is 0 Å². The highest BCUT2D eigenvalue weighted by Gasteiger charge is 2.18. The molecule has 2 unspecified atom stereocenters. The Hall–Kier alpha value is -3.06. The van der Waals surface area contributed by atoms with Gasteiger partial charge in [0.05, 0.1) is 13.2 Å². The number of hydrogen-bond donors (Lipinski definition) is 2. The lowest BCUT2D eigenvalue weighted by Crippen LogP contribution is -2.25. The second-order valence-corrected chi connectivity index (χ2v) is 6.00. The molecule has 7 heteroatoms.